The van der Waals surface area contributed by atoms with Crippen LogP contribution in [0.25, 0.3) is 21.8 Å². The lowest BCUT2D eigenvalue weighted by atomic mass is 10.1. The van der Waals surface area contributed by atoms with E-state index in [2.05, 4.69) is 15.3 Å². The number of fused-ring (bicyclic) bond motifs is 2. The molecular weight excluding hydrogens is 351 g/mol. The molecule has 0 saturated heterocycles. The van der Waals surface area contributed by atoms with Crippen molar-refractivity contribution in [2.24, 2.45) is 7.05 Å². The third kappa shape index (κ3) is 2.77. The average Bonchev–Trinajstić information content (AvgIpc) is 2.66. The van der Waals surface area contributed by atoms with Crippen LogP contribution < -0.4 is 16.3 Å². The monoisotopic (exact) mass is 364 g/mol. The van der Waals surface area contributed by atoms with E-state index in [-0.39, 0.29) is 22.0 Å². The fourth-order valence-corrected chi connectivity index (χ4v) is 2.87. The van der Waals surface area contributed by atoms with E-state index in [1.807, 2.05) is 0 Å². The lowest BCUT2D eigenvalue weighted by Gasteiger charge is -2.07. The first-order chi connectivity index (χ1) is 13.0. The predicted octanol–water partition coefficient (Wildman–Crippen LogP) is 2.17. The lowest BCUT2D eigenvalue weighted by molar-refractivity contribution is 0.102. The van der Waals surface area contributed by atoms with Crippen LogP contribution in [0.15, 0.2) is 58.5 Å². The van der Waals surface area contributed by atoms with Crippen molar-refractivity contribution in [3.63, 3.8) is 0 Å². The van der Waals surface area contributed by atoms with Gasteiger partial charge in [-0.05, 0) is 30.3 Å². The number of carbonyl (C=O) groups is 1. The van der Waals surface area contributed by atoms with E-state index < -0.39 is 17.2 Å². The van der Waals surface area contributed by atoms with Gasteiger partial charge in [0, 0.05) is 24.3 Å². The maximum atomic E-state index is 13.8. The summed E-state index contributed by atoms with van der Waals surface area (Å²) in [7, 11) is 1.58. The highest BCUT2D eigenvalue weighted by atomic mass is 19.1. The number of H-pyrrole nitrogens is 1. The highest BCUT2D eigenvalue weighted by molar-refractivity contribution is 6.06. The molecule has 0 atom stereocenters. The summed E-state index contributed by atoms with van der Waals surface area (Å²) in [5, 5.41) is 3.01. The minimum atomic E-state index is -0.664. The van der Waals surface area contributed by atoms with Gasteiger partial charge in [0.1, 0.15) is 11.4 Å². The van der Waals surface area contributed by atoms with Gasteiger partial charge in [-0.3, -0.25) is 14.4 Å². The van der Waals surface area contributed by atoms with Gasteiger partial charge in [0.2, 0.25) is 5.43 Å². The van der Waals surface area contributed by atoms with E-state index in [1.165, 1.54) is 41.4 Å². The topological polar surface area (TPSA) is 96.8 Å². The second-order valence-corrected chi connectivity index (χ2v) is 6.04. The van der Waals surface area contributed by atoms with Crippen molar-refractivity contribution in [1.82, 2.24) is 14.5 Å². The van der Waals surface area contributed by atoms with Crippen LogP contribution in [0.4, 0.5) is 10.1 Å². The first-order valence-electron chi connectivity index (χ1n) is 8.02. The maximum absolute atomic E-state index is 13.8. The zero-order valence-electron chi connectivity index (χ0n) is 14.1. The maximum Gasteiger partial charge on any atom is 0.261 e. The molecule has 134 valence electrons. The number of benzene rings is 2. The van der Waals surface area contributed by atoms with Crippen molar-refractivity contribution in [3.05, 3.63) is 80.9 Å². The number of nitrogens with zero attached hydrogens (tertiary/aromatic N) is 2. The molecule has 2 heterocycles. The van der Waals surface area contributed by atoms with E-state index in [0.717, 1.165) is 0 Å². The number of hydrogen-bond acceptors (Lipinski definition) is 4. The van der Waals surface area contributed by atoms with Gasteiger partial charge in [0.15, 0.2) is 0 Å². The number of nitrogens with one attached hydrogen (secondary N) is 2. The SMILES string of the molecule is Cn1cnc2ccc(NC(=O)c3c[nH]c4c(F)cccc4c3=O)cc2c1=O. The minimum absolute atomic E-state index is 0.0410. The number of halogens is 1. The Morgan fingerprint density at radius 2 is 2.00 bits per heavy atom. The molecule has 27 heavy (non-hydrogen) atoms. The number of anilines is 1. The average molecular weight is 364 g/mol. The van der Waals surface area contributed by atoms with Crippen molar-refractivity contribution in [2.45, 2.75) is 0 Å². The Balaban J connectivity index is 1.74. The molecule has 7 nitrogen and oxygen atoms in total. The molecule has 2 aromatic heterocycles. The highest BCUT2D eigenvalue weighted by Crippen LogP contribution is 2.16. The number of hydrogen-bond donors (Lipinski definition) is 2. The van der Waals surface area contributed by atoms with E-state index in [4.69, 9.17) is 0 Å². The van der Waals surface area contributed by atoms with Crippen molar-refractivity contribution >= 4 is 33.4 Å². The number of pyridine rings is 1. The zero-order chi connectivity index (χ0) is 19.1. The molecule has 0 aliphatic carbocycles. The highest BCUT2D eigenvalue weighted by Gasteiger charge is 2.15. The molecule has 0 fully saturated rings. The number of aromatic nitrogens is 3. The second kappa shape index (κ2) is 6.17. The van der Waals surface area contributed by atoms with Gasteiger partial charge < -0.3 is 14.9 Å². The number of aryl methyl sites for hydroxylation is 1. The molecule has 2 aromatic carbocycles. The molecule has 8 heteroatoms. The minimum Gasteiger partial charge on any atom is -0.358 e. The Morgan fingerprint density at radius 3 is 2.81 bits per heavy atom. The first kappa shape index (κ1) is 16.6. The summed E-state index contributed by atoms with van der Waals surface area (Å²) in [6.07, 6.45) is 2.58. The molecule has 4 aromatic rings. The quantitative estimate of drug-likeness (QED) is 0.570. The predicted molar refractivity (Wildman–Crippen MR) is 99.5 cm³/mol. The number of carbonyl (C=O) groups excluding carboxylic acids is 1. The molecule has 0 spiro atoms. The Bertz CT molecular complexity index is 1340. The standard InChI is InChI=1S/C19H13FN4O3/c1-24-9-22-15-6-5-10(7-12(15)19(24)27)23-18(26)13-8-21-16-11(17(13)25)3-2-4-14(16)20/h2-9H,1H3,(H,21,25)(H,23,26). The van der Waals surface area contributed by atoms with Crippen molar-refractivity contribution < 1.29 is 9.18 Å². The van der Waals surface area contributed by atoms with Crippen LogP contribution >= 0.6 is 0 Å². The van der Waals surface area contributed by atoms with Crippen LogP contribution in [0.3, 0.4) is 0 Å². The van der Waals surface area contributed by atoms with Crippen LogP contribution in [0.1, 0.15) is 10.4 Å². The molecule has 0 aliphatic rings. The number of para-hydroxylation sites is 1. The van der Waals surface area contributed by atoms with Crippen LogP contribution in [0.5, 0.6) is 0 Å². The summed E-state index contributed by atoms with van der Waals surface area (Å²) in [5.41, 5.74) is -0.118. The molecule has 4 rings (SSSR count). The van der Waals surface area contributed by atoms with Gasteiger partial charge in [-0.15, -0.1) is 0 Å². The Morgan fingerprint density at radius 1 is 1.19 bits per heavy atom. The molecule has 0 bridgehead atoms. The number of aromatic amines is 1. The Labute approximate surface area is 151 Å². The van der Waals surface area contributed by atoms with E-state index >= 15 is 0 Å². The van der Waals surface area contributed by atoms with Gasteiger partial charge >= 0.3 is 0 Å². The summed E-state index contributed by atoms with van der Waals surface area (Å²) in [6, 6.07) is 8.76. The Hall–Kier alpha value is -3.81. The van der Waals surface area contributed by atoms with Crippen LogP contribution in [0, 0.1) is 5.82 Å². The second-order valence-electron chi connectivity index (χ2n) is 6.04. The van der Waals surface area contributed by atoms with Crippen LogP contribution in [-0.4, -0.2) is 20.4 Å². The largest absolute Gasteiger partial charge is 0.358 e. The van der Waals surface area contributed by atoms with Gasteiger partial charge in [0.25, 0.3) is 11.5 Å². The van der Waals surface area contributed by atoms with Crippen molar-refractivity contribution in [1.29, 1.82) is 0 Å². The molecule has 0 radical (unpaired) electrons. The van der Waals surface area contributed by atoms with Crippen molar-refractivity contribution in [2.75, 3.05) is 5.32 Å². The first-order valence-corrected chi connectivity index (χ1v) is 8.02. The summed E-state index contributed by atoms with van der Waals surface area (Å²) in [5.74, 6) is -1.24. The summed E-state index contributed by atoms with van der Waals surface area (Å²) in [6.45, 7) is 0. The van der Waals surface area contributed by atoms with E-state index in [1.54, 1.807) is 19.2 Å². The van der Waals surface area contributed by atoms with Crippen molar-refractivity contribution in [3.8, 4) is 0 Å². The summed E-state index contributed by atoms with van der Waals surface area (Å²) in [4.78, 5) is 44.0. The molecule has 2 N–H and O–H groups in total. The molecule has 0 saturated carbocycles. The van der Waals surface area contributed by atoms with Gasteiger partial charge in [0.05, 0.1) is 22.7 Å². The molecule has 0 unspecified atom stereocenters. The fourth-order valence-electron chi connectivity index (χ4n) is 2.87. The number of rotatable bonds is 2. The molecule has 0 aliphatic heterocycles. The van der Waals surface area contributed by atoms with E-state index in [0.29, 0.717) is 16.6 Å². The summed E-state index contributed by atoms with van der Waals surface area (Å²) >= 11 is 0. The Kier molecular flexibility index (Phi) is 3.80. The van der Waals surface area contributed by atoms with Gasteiger partial charge in [-0.1, -0.05) is 6.07 Å². The van der Waals surface area contributed by atoms with E-state index in [9.17, 15) is 18.8 Å². The third-order valence-electron chi connectivity index (χ3n) is 4.28. The van der Waals surface area contributed by atoms with Crippen LogP contribution in [-0.2, 0) is 7.05 Å². The molecule has 1 amide bonds. The zero-order valence-corrected chi connectivity index (χ0v) is 14.1. The third-order valence-corrected chi connectivity index (χ3v) is 4.28. The summed E-state index contributed by atoms with van der Waals surface area (Å²) < 4.78 is 15.1. The van der Waals surface area contributed by atoms with Crippen LogP contribution in [0.2, 0.25) is 0 Å². The smallest absolute Gasteiger partial charge is 0.261 e. The number of amides is 1. The normalized spacial score (nSPS) is 11.0. The lowest BCUT2D eigenvalue weighted by Crippen LogP contribution is -2.22. The fraction of sp³-hybridized carbons (Fsp3) is 0.0526. The van der Waals surface area contributed by atoms with Gasteiger partial charge in [-0.2, -0.15) is 0 Å². The molecular formula is C19H13FN4O3. The van der Waals surface area contributed by atoms with Gasteiger partial charge in [-0.25, -0.2) is 9.37 Å².